The standard InChI is InChI=1S/C45H23B5N4O/c46-38-37(39(47)41(49)42(50)40(38)48)24-14-16-26(17-15-24)44-51-43(25-8-2-1-3-9-25)52-45(53-44)27-18-20-31-32-21-19-28(23-36(32)55-35(31)22-27)54-33-12-6-4-10-29(33)30-11-5-7-13-34(30)54/h1-23H. The highest BCUT2D eigenvalue weighted by Gasteiger charge is 2.18. The predicted molar refractivity (Wildman–Crippen MR) is 230 cm³/mol. The van der Waals surface area contributed by atoms with Gasteiger partial charge in [0, 0.05) is 50.0 Å². The van der Waals surface area contributed by atoms with Gasteiger partial charge in [-0.25, -0.2) is 15.0 Å². The quantitative estimate of drug-likeness (QED) is 0.224. The van der Waals surface area contributed by atoms with Gasteiger partial charge in [0.25, 0.3) is 0 Å². The number of fused-ring (bicyclic) bond motifs is 6. The zero-order valence-corrected chi connectivity index (χ0v) is 29.4. The molecule has 0 aliphatic heterocycles. The van der Waals surface area contributed by atoms with E-state index in [2.05, 4.69) is 77.4 Å². The number of hydrogen-bond donors (Lipinski definition) is 0. The topological polar surface area (TPSA) is 56.7 Å². The van der Waals surface area contributed by atoms with Crippen LogP contribution in [0.2, 0.25) is 0 Å². The molecule has 0 spiro atoms. The van der Waals surface area contributed by atoms with Gasteiger partial charge in [-0.05, 0) is 47.5 Å². The van der Waals surface area contributed by atoms with Gasteiger partial charge < -0.3 is 8.98 Å². The summed E-state index contributed by atoms with van der Waals surface area (Å²) >= 11 is 0. The first-order chi connectivity index (χ1) is 26.8. The molecule has 55 heavy (non-hydrogen) atoms. The Morgan fingerprint density at radius 1 is 0.382 bits per heavy atom. The summed E-state index contributed by atoms with van der Waals surface area (Å²) in [4.78, 5) is 14.8. The van der Waals surface area contributed by atoms with E-state index in [9.17, 15) is 0 Å². The maximum absolute atomic E-state index is 6.58. The number of rotatable bonds is 5. The van der Waals surface area contributed by atoms with E-state index in [1.807, 2.05) is 66.7 Å². The van der Waals surface area contributed by atoms with Crippen molar-refractivity contribution in [2.75, 3.05) is 0 Å². The SMILES string of the molecule is [B]c1c([B])c([B])c(-c2ccc(-c3nc(-c4ccccc4)nc(-c4ccc5c(c4)oc4cc(-n6c7ccccc7c7ccccc76)ccc45)n3)cc2)c([B])c1[B]. The van der Waals surface area contributed by atoms with Crippen LogP contribution in [0.5, 0.6) is 0 Å². The Hall–Kier alpha value is -6.53. The molecule has 10 rings (SSSR count). The van der Waals surface area contributed by atoms with Crippen molar-refractivity contribution < 1.29 is 4.42 Å². The first kappa shape index (κ1) is 33.1. The van der Waals surface area contributed by atoms with Crippen molar-refractivity contribution in [1.82, 2.24) is 19.5 Å². The minimum absolute atomic E-state index is 0.173. The van der Waals surface area contributed by atoms with Crippen molar-refractivity contribution in [2.24, 2.45) is 0 Å². The Bertz CT molecular complexity index is 3070. The van der Waals surface area contributed by atoms with E-state index in [1.54, 1.807) is 0 Å². The van der Waals surface area contributed by atoms with Crippen LogP contribution in [0.4, 0.5) is 0 Å². The Labute approximate surface area is 323 Å². The molecule has 0 aliphatic rings. The molecule has 0 saturated carbocycles. The van der Waals surface area contributed by atoms with Crippen molar-refractivity contribution in [2.45, 2.75) is 0 Å². The second-order valence-electron chi connectivity index (χ2n) is 13.6. The van der Waals surface area contributed by atoms with Gasteiger partial charge in [0.15, 0.2) is 17.5 Å². The molecule has 0 bridgehead atoms. The molecule has 0 amide bonds. The largest absolute Gasteiger partial charge is 0.456 e. The van der Waals surface area contributed by atoms with Gasteiger partial charge in [-0.2, -0.15) is 0 Å². The highest BCUT2D eigenvalue weighted by atomic mass is 16.3. The lowest BCUT2D eigenvalue weighted by atomic mass is 9.59. The molecule has 7 aromatic carbocycles. The highest BCUT2D eigenvalue weighted by molar-refractivity contribution is 6.68. The van der Waals surface area contributed by atoms with E-state index in [0.29, 0.717) is 23.0 Å². The third kappa shape index (κ3) is 5.35. The van der Waals surface area contributed by atoms with Crippen molar-refractivity contribution >= 4 is 110 Å². The summed E-state index contributed by atoms with van der Waals surface area (Å²) in [6.07, 6.45) is 0. The van der Waals surface area contributed by atoms with Crippen LogP contribution in [0.3, 0.4) is 0 Å². The molecule has 244 valence electrons. The second kappa shape index (κ2) is 12.8. The van der Waals surface area contributed by atoms with Gasteiger partial charge in [0.1, 0.15) is 50.4 Å². The minimum Gasteiger partial charge on any atom is -0.456 e. The molecule has 0 aliphatic carbocycles. The Kier molecular flexibility index (Phi) is 7.70. The van der Waals surface area contributed by atoms with E-state index in [-0.39, 0.29) is 27.3 Å². The van der Waals surface area contributed by atoms with Crippen molar-refractivity contribution in [3.63, 3.8) is 0 Å². The Morgan fingerprint density at radius 2 is 0.836 bits per heavy atom. The summed E-state index contributed by atoms with van der Waals surface area (Å²) in [5.41, 5.74) is 9.62. The normalized spacial score (nSPS) is 11.6. The fraction of sp³-hybridized carbons (Fsp3) is 0. The maximum Gasteiger partial charge on any atom is 0.164 e. The molecule has 5 nitrogen and oxygen atoms in total. The predicted octanol–water partition coefficient (Wildman–Crippen LogP) is 5.51. The first-order valence-corrected chi connectivity index (χ1v) is 17.7. The minimum atomic E-state index is 0.173. The number of furan rings is 1. The van der Waals surface area contributed by atoms with Crippen LogP contribution in [0, 0.1) is 0 Å². The summed E-state index contributed by atoms with van der Waals surface area (Å²) in [6.45, 7) is 0. The van der Waals surface area contributed by atoms with Crippen LogP contribution < -0.4 is 27.3 Å². The number of benzene rings is 7. The third-order valence-corrected chi connectivity index (χ3v) is 10.4. The zero-order valence-electron chi connectivity index (χ0n) is 29.4. The van der Waals surface area contributed by atoms with Crippen LogP contribution in [-0.2, 0) is 0 Å². The summed E-state index contributed by atoms with van der Waals surface area (Å²) in [7, 11) is 31.0. The highest BCUT2D eigenvalue weighted by Crippen LogP contribution is 2.36. The van der Waals surface area contributed by atoms with E-state index < -0.39 is 0 Å². The van der Waals surface area contributed by atoms with Crippen molar-refractivity contribution in [3.05, 3.63) is 140 Å². The molecule has 3 aromatic heterocycles. The summed E-state index contributed by atoms with van der Waals surface area (Å²) in [5.74, 6) is 1.54. The molecular formula is C45H23B5N4O. The number of aromatic nitrogens is 4. The monoisotopic (exact) mass is 690 g/mol. The second-order valence-corrected chi connectivity index (χ2v) is 13.6. The lowest BCUT2D eigenvalue weighted by Crippen LogP contribution is -2.55. The van der Waals surface area contributed by atoms with E-state index in [0.717, 1.165) is 60.9 Å². The fourth-order valence-corrected chi connectivity index (χ4v) is 7.54. The van der Waals surface area contributed by atoms with Gasteiger partial charge >= 0.3 is 0 Å². The van der Waals surface area contributed by atoms with Crippen LogP contribution in [0.1, 0.15) is 0 Å². The molecule has 0 fully saturated rings. The number of nitrogens with zero attached hydrogens (tertiary/aromatic N) is 4. The van der Waals surface area contributed by atoms with Gasteiger partial charge in [-0.3, -0.25) is 0 Å². The maximum atomic E-state index is 6.58. The molecule has 0 atom stereocenters. The smallest absolute Gasteiger partial charge is 0.164 e. The van der Waals surface area contributed by atoms with E-state index >= 15 is 0 Å². The molecule has 3 heterocycles. The first-order valence-electron chi connectivity index (χ1n) is 17.7. The number of para-hydroxylation sites is 2. The van der Waals surface area contributed by atoms with Crippen LogP contribution in [0.15, 0.2) is 144 Å². The lowest BCUT2D eigenvalue weighted by molar-refractivity contribution is 0.668. The lowest BCUT2D eigenvalue weighted by Gasteiger charge is -2.21. The average molecular weight is 690 g/mol. The third-order valence-electron chi connectivity index (χ3n) is 10.4. The molecule has 0 unspecified atom stereocenters. The van der Waals surface area contributed by atoms with Crippen LogP contribution in [-0.4, -0.2) is 58.8 Å². The molecule has 0 saturated heterocycles. The Balaban J connectivity index is 1.07. The molecule has 10 heteroatoms. The van der Waals surface area contributed by atoms with E-state index in [1.165, 1.54) is 10.8 Å². The van der Waals surface area contributed by atoms with Gasteiger partial charge in [0.2, 0.25) is 0 Å². The van der Waals surface area contributed by atoms with Gasteiger partial charge in [-0.15, -0.1) is 16.4 Å². The van der Waals surface area contributed by atoms with Crippen LogP contribution >= 0.6 is 0 Å². The Morgan fingerprint density at radius 3 is 1.45 bits per heavy atom. The summed E-state index contributed by atoms with van der Waals surface area (Å²) in [5, 5.41) is 4.45. The number of hydrogen-bond acceptors (Lipinski definition) is 4. The molecular weight excluding hydrogens is 667 g/mol. The fourth-order valence-electron chi connectivity index (χ4n) is 7.54. The van der Waals surface area contributed by atoms with E-state index in [4.69, 9.17) is 58.6 Å². The van der Waals surface area contributed by atoms with Gasteiger partial charge in [0.05, 0.1) is 11.0 Å². The molecule has 0 N–H and O–H groups in total. The molecule has 10 radical (unpaired) electrons. The van der Waals surface area contributed by atoms with Crippen molar-refractivity contribution in [1.29, 1.82) is 0 Å². The summed E-state index contributed by atoms with van der Waals surface area (Å²) in [6, 6.07) is 46.8. The zero-order chi connectivity index (χ0) is 37.4. The van der Waals surface area contributed by atoms with Crippen LogP contribution in [0.25, 0.3) is 94.7 Å². The van der Waals surface area contributed by atoms with Crippen molar-refractivity contribution in [3.8, 4) is 51.0 Å². The molecule has 10 aromatic rings. The summed E-state index contributed by atoms with van der Waals surface area (Å²) < 4.78 is 8.86. The van der Waals surface area contributed by atoms with Gasteiger partial charge in [-0.1, -0.05) is 108 Å². The average Bonchev–Trinajstić information content (AvgIpc) is 3.77.